The molecule has 0 saturated carbocycles. The molecule has 0 aliphatic heterocycles. The molecule has 0 aliphatic rings. The fourth-order valence-electron chi connectivity index (χ4n) is 1.90. The zero-order valence-electron chi connectivity index (χ0n) is 14.3. The number of aromatic nitrogens is 2. The quantitative estimate of drug-likeness (QED) is 0.297. The first-order valence-corrected chi connectivity index (χ1v) is 9.43. The molecular weight excluding hydrogens is 448 g/mol. The van der Waals surface area contributed by atoms with Crippen molar-refractivity contribution in [3.05, 3.63) is 34.9 Å². The summed E-state index contributed by atoms with van der Waals surface area (Å²) >= 11 is 1.74. The van der Waals surface area contributed by atoms with Gasteiger partial charge in [-0.2, -0.15) is 26.3 Å². The molecule has 14 heteroatoms. The van der Waals surface area contributed by atoms with Gasteiger partial charge in [-0.1, -0.05) is 23.1 Å². The van der Waals surface area contributed by atoms with E-state index in [4.69, 9.17) is 4.74 Å². The van der Waals surface area contributed by atoms with Crippen LogP contribution in [0.4, 0.5) is 31.5 Å². The molecule has 0 radical (unpaired) electrons. The molecular formula is C15H11F6N3O3S2. The normalized spacial score (nSPS) is 12.0. The topological polar surface area (TPSA) is 81.2 Å². The molecule has 1 N–H and O–H groups in total. The third-order valence-corrected chi connectivity index (χ3v) is 5.04. The molecule has 0 bridgehead atoms. The summed E-state index contributed by atoms with van der Waals surface area (Å²) in [6, 6.07) is 0.538. The molecule has 0 aliphatic carbocycles. The van der Waals surface area contributed by atoms with Crippen LogP contribution >= 0.6 is 23.1 Å². The van der Waals surface area contributed by atoms with E-state index in [0.717, 1.165) is 23.1 Å². The van der Waals surface area contributed by atoms with Crippen LogP contribution in [0.1, 0.15) is 28.4 Å². The summed E-state index contributed by atoms with van der Waals surface area (Å²) in [5.74, 6) is -1.82. The highest BCUT2D eigenvalue weighted by Gasteiger charge is 2.37. The maximum atomic E-state index is 12.9. The smallest absolute Gasteiger partial charge is 0.416 e. The van der Waals surface area contributed by atoms with Crippen LogP contribution in [0.25, 0.3) is 0 Å². The van der Waals surface area contributed by atoms with E-state index in [2.05, 4.69) is 15.5 Å². The number of rotatable bonds is 6. The summed E-state index contributed by atoms with van der Waals surface area (Å²) < 4.78 is 82.2. The van der Waals surface area contributed by atoms with Crippen molar-refractivity contribution in [2.45, 2.75) is 23.6 Å². The number of amides is 1. The number of esters is 1. The lowest BCUT2D eigenvalue weighted by atomic mass is 10.0. The van der Waals surface area contributed by atoms with Gasteiger partial charge >= 0.3 is 18.3 Å². The number of carbonyl (C=O) groups is 2. The van der Waals surface area contributed by atoms with Gasteiger partial charge in [-0.25, -0.2) is 0 Å². The minimum absolute atomic E-state index is 0.0775. The minimum Gasteiger partial charge on any atom is -0.465 e. The van der Waals surface area contributed by atoms with Crippen molar-refractivity contribution < 1.29 is 40.7 Å². The van der Waals surface area contributed by atoms with Gasteiger partial charge in [0.25, 0.3) is 5.91 Å². The Morgan fingerprint density at radius 3 is 2.17 bits per heavy atom. The fourth-order valence-corrected chi connectivity index (χ4v) is 3.44. The number of halogens is 6. The molecule has 1 heterocycles. The molecule has 158 valence electrons. The molecule has 0 spiro atoms. The zero-order valence-corrected chi connectivity index (χ0v) is 16.0. The van der Waals surface area contributed by atoms with Gasteiger partial charge in [0.15, 0.2) is 4.34 Å². The maximum absolute atomic E-state index is 12.9. The predicted molar refractivity (Wildman–Crippen MR) is 91.7 cm³/mol. The number of alkyl halides is 6. The van der Waals surface area contributed by atoms with Crippen LogP contribution in [0.3, 0.4) is 0 Å². The van der Waals surface area contributed by atoms with E-state index in [9.17, 15) is 35.9 Å². The first kappa shape index (κ1) is 22.9. The van der Waals surface area contributed by atoms with Gasteiger partial charge in [-0.3, -0.25) is 14.9 Å². The molecule has 0 atom stereocenters. The highest BCUT2D eigenvalue weighted by atomic mass is 32.2. The zero-order chi connectivity index (χ0) is 21.8. The number of benzene rings is 1. The Hall–Kier alpha value is -2.35. The monoisotopic (exact) mass is 459 g/mol. The number of thioether (sulfide) groups is 1. The van der Waals surface area contributed by atoms with Crippen molar-refractivity contribution in [1.82, 2.24) is 10.2 Å². The average Bonchev–Trinajstić information content (AvgIpc) is 3.05. The number of nitrogens with one attached hydrogen (secondary N) is 1. The third kappa shape index (κ3) is 6.59. The number of hydrogen-bond acceptors (Lipinski definition) is 7. The van der Waals surface area contributed by atoms with Gasteiger partial charge in [-0.15, -0.1) is 10.2 Å². The first-order valence-electron chi connectivity index (χ1n) is 7.63. The lowest BCUT2D eigenvalue weighted by molar-refractivity contribution is -0.143. The Labute approximate surface area is 167 Å². The molecule has 2 aromatic rings. The van der Waals surface area contributed by atoms with E-state index >= 15 is 0 Å². The fraction of sp³-hybridized carbons (Fsp3) is 0.333. The Kier molecular flexibility index (Phi) is 7.11. The Morgan fingerprint density at radius 1 is 1.07 bits per heavy atom. The molecule has 0 unspecified atom stereocenters. The van der Waals surface area contributed by atoms with Gasteiger partial charge in [0, 0.05) is 5.56 Å². The van der Waals surface area contributed by atoms with E-state index in [1.54, 1.807) is 6.92 Å². The molecule has 1 amide bonds. The summed E-state index contributed by atoms with van der Waals surface area (Å²) in [4.78, 5) is 23.4. The van der Waals surface area contributed by atoms with Crippen LogP contribution in [0, 0.1) is 0 Å². The van der Waals surface area contributed by atoms with Crippen LogP contribution in [-0.2, 0) is 21.9 Å². The highest BCUT2D eigenvalue weighted by Crippen LogP contribution is 2.36. The number of ether oxygens (including phenoxy) is 1. The van der Waals surface area contributed by atoms with Crippen molar-refractivity contribution in [3.63, 3.8) is 0 Å². The average molecular weight is 459 g/mol. The van der Waals surface area contributed by atoms with Crippen molar-refractivity contribution in [1.29, 1.82) is 0 Å². The Bertz CT molecular complexity index is 866. The standard InChI is InChI=1S/C15H11F6N3O3S2/c1-2-27-10(25)6-28-13-24-23-12(29-13)22-11(26)7-3-8(14(16,17)18)5-9(4-7)15(19,20)21/h3-5H,2,6H2,1H3,(H,22,23,26). The van der Waals surface area contributed by atoms with Crippen molar-refractivity contribution in [2.24, 2.45) is 0 Å². The molecule has 0 saturated heterocycles. The van der Waals surface area contributed by atoms with E-state index in [1.165, 1.54) is 0 Å². The Morgan fingerprint density at radius 2 is 1.66 bits per heavy atom. The van der Waals surface area contributed by atoms with Crippen LogP contribution in [0.15, 0.2) is 22.5 Å². The summed E-state index contributed by atoms with van der Waals surface area (Å²) in [5, 5.41) is 9.16. The predicted octanol–water partition coefficient (Wildman–Crippen LogP) is 4.48. The number of hydrogen-bond donors (Lipinski definition) is 1. The second-order valence-corrected chi connectivity index (χ2v) is 7.42. The Balaban J connectivity index is 2.17. The maximum Gasteiger partial charge on any atom is 0.416 e. The summed E-state index contributed by atoms with van der Waals surface area (Å²) in [7, 11) is 0. The second kappa shape index (κ2) is 8.98. The van der Waals surface area contributed by atoms with Gasteiger partial charge in [-0.05, 0) is 25.1 Å². The molecule has 29 heavy (non-hydrogen) atoms. The van der Waals surface area contributed by atoms with Crippen LogP contribution in [0.5, 0.6) is 0 Å². The minimum atomic E-state index is -5.07. The highest BCUT2D eigenvalue weighted by molar-refractivity contribution is 8.01. The first-order chi connectivity index (χ1) is 13.4. The number of nitrogens with zero attached hydrogens (tertiary/aromatic N) is 2. The van der Waals surface area contributed by atoms with E-state index in [0.29, 0.717) is 12.1 Å². The van der Waals surface area contributed by atoms with E-state index in [1.807, 2.05) is 0 Å². The van der Waals surface area contributed by atoms with Crippen LogP contribution < -0.4 is 5.32 Å². The largest absolute Gasteiger partial charge is 0.465 e. The lowest BCUT2D eigenvalue weighted by Crippen LogP contribution is -2.17. The van der Waals surface area contributed by atoms with Gasteiger partial charge in [0.05, 0.1) is 23.5 Å². The van der Waals surface area contributed by atoms with Gasteiger partial charge in [0.2, 0.25) is 5.13 Å². The second-order valence-electron chi connectivity index (χ2n) is 5.22. The molecule has 0 fully saturated rings. The molecule has 2 rings (SSSR count). The van der Waals surface area contributed by atoms with Crippen molar-refractivity contribution in [2.75, 3.05) is 17.7 Å². The summed E-state index contributed by atoms with van der Waals surface area (Å²) in [6.45, 7) is 1.81. The summed E-state index contributed by atoms with van der Waals surface area (Å²) in [5.41, 5.74) is -4.07. The summed E-state index contributed by atoms with van der Waals surface area (Å²) in [6.07, 6.45) is -10.1. The lowest BCUT2D eigenvalue weighted by Gasteiger charge is -2.13. The van der Waals surface area contributed by atoms with Gasteiger partial charge in [0.1, 0.15) is 0 Å². The number of carbonyl (C=O) groups excluding carboxylic acids is 2. The molecule has 1 aromatic heterocycles. The SMILES string of the molecule is CCOC(=O)CSc1nnc(NC(=O)c2cc(C(F)(F)F)cc(C(F)(F)F)c2)s1. The van der Waals surface area contributed by atoms with Gasteiger partial charge < -0.3 is 4.74 Å². The van der Waals surface area contributed by atoms with E-state index < -0.39 is 40.9 Å². The van der Waals surface area contributed by atoms with Crippen LogP contribution in [-0.4, -0.2) is 34.4 Å². The van der Waals surface area contributed by atoms with Crippen LogP contribution in [0.2, 0.25) is 0 Å². The molecule has 6 nitrogen and oxygen atoms in total. The number of anilines is 1. The van der Waals surface area contributed by atoms with Crippen molar-refractivity contribution >= 4 is 40.1 Å². The third-order valence-electron chi connectivity index (χ3n) is 3.10. The molecule has 1 aromatic carbocycles. The van der Waals surface area contributed by atoms with E-state index in [-0.39, 0.29) is 27.9 Å². The van der Waals surface area contributed by atoms with Crippen molar-refractivity contribution in [3.8, 4) is 0 Å².